The second-order valence-corrected chi connectivity index (χ2v) is 3.16. The summed E-state index contributed by atoms with van der Waals surface area (Å²) >= 11 is 0. The van der Waals surface area contributed by atoms with Crippen LogP contribution in [-0.4, -0.2) is 15.2 Å². The standard InChI is InChI=1S/C10H11FN4/c1-2-8-13-10(15-14-8)6-4-3-5-7(11)9(6)12/h3-5H,2,12H2,1H3,(H,13,14,15). The first-order chi connectivity index (χ1) is 7.22. The third-order valence-electron chi connectivity index (χ3n) is 2.16. The number of nitrogens with zero attached hydrogens (tertiary/aromatic N) is 2. The summed E-state index contributed by atoms with van der Waals surface area (Å²) in [6.07, 6.45) is 0.752. The predicted octanol–water partition coefficient (Wildman–Crippen LogP) is 1.76. The van der Waals surface area contributed by atoms with Gasteiger partial charge in [0.25, 0.3) is 0 Å². The maximum absolute atomic E-state index is 13.2. The van der Waals surface area contributed by atoms with E-state index in [1.165, 1.54) is 6.07 Å². The molecule has 0 unspecified atom stereocenters. The first kappa shape index (κ1) is 9.64. The SMILES string of the molecule is CCc1nc(-c2cccc(F)c2N)n[nH]1. The number of nitrogens with two attached hydrogens (primary N) is 1. The van der Waals surface area contributed by atoms with Crippen molar-refractivity contribution in [2.45, 2.75) is 13.3 Å². The summed E-state index contributed by atoms with van der Waals surface area (Å²) in [5, 5.41) is 6.74. The molecule has 0 saturated carbocycles. The first-order valence-electron chi connectivity index (χ1n) is 4.68. The van der Waals surface area contributed by atoms with Crippen molar-refractivity contribution in [3.8, 4) is 11.4 Å². The highest BCUT2D eigenvalue weighted by atomic mass is 19.1. The number of aromatic amines is 1. The lowest BCUT2D eigenvalue weighted by Crippen LogP contribution is -1.95. The molecule has 2 aromatic rings. The van der Waals surface area contributed by atoms with E-state index in [4.69, 9.17) is 5.73 Å². The number of hydrogen-bond donors (Lipinski definition) is 2. The van der Waals surface area contributed by atoms with Gasteiger partial charge in [0.05, 0.1) is 5.69 Å². The highest BCUT2D eigenvalue weighted by Crippen LogP contribution is 2.24. The van der Waals surface area contributed by atoms with Crippen LogP contribution in [0.2, 0.25) is 0 Å². The molecule has 1 heterocycles. The molecule has 0 spiro atoms. The number of aromatic nitrogens is 3. The van der Waals surface area contributed by atoms with Gasteiger partial charge in [-0.25, -0.2) is 9.37 Å². The molecule has 0 amide bonds. The first-order valence-corrected chi connectivity index (χ1v) is 4.68. The van der Waals surface area contributed by atoms with Crippen LogP contribution in [0.5, 0.6) is 0 Å². The second kappa shape index (κ2) is 3.68. The quantitative estimate of drug-likeness (QED) is 0.735. The molecule has 0 aliphatic rings. The van der Waals surface area contributed by atoms with E-state index < -0.39 is 5.82 Å². The summed E-state index contributed by atoms with van der Waals surface area (Å²) < 4.78 is 13.2. The van der Waals surface area contributed by atoms with Gasteiger partial charge in [-0.15, -0.1) is 0 Å². The molecule has 1 aromatic heterocycles. The third kappa shape index (κ3) is 1.68. The van der Waals surface area contributed by atoms with E-state index in [2.05, 4.69) is 15.2 Å². The average Bonchev–Trinajstić information content (AvgIpc) is 2.70. The van der Waals surface area contributed by atoms with Crippen LogP contribution < -0.4 is 5.73 Å². The van der Waals surface area contributed by atoms with E-state index in [1.807, 2.05) is 6.92 Å². The number of hydrogen-bond acceptors (Lipinski definition) is 3. The normalized spacial score (nSPS) is 10.5. The van der Waals surface area contributed by atoms with Crippen LogP contribution in [0.4, 0.5) is 10.1 Å². The highest BCUT2D eigenvalue weighted by Gasteiger charge is 2.10. The van der Waals surface area contributed by atoms with E-state index in [-0.39, 0.29) is 5.69 Å². The molecular formula is C10H11FN4. The Kier molecular flexibility index (Phi) is 2.37. The third-order valence-corrected chi connectivity index (χ3v) is 2.16. The molecule has 5 heteroatoms. The Morgan fingerprint density at radius 2 is 2.27 bits per heavy atom. The molecule has 2 rings (SSSR count). The molecule has 0 aliphatic heterocycles. The van der Waals surface area contributed by atoms with E-state index >= 15 is 0 Å². The van der Waals surface area contributed by atoms with Gasteiger partial charge >= 0.3 is 0 Å². The van der Waals surface area contributed by atoms with Crippen molar-refractivity contribution in [1.29, 1.82) is 0 Å². The monoisotopic (exact) mass is 206 g/mol. The van der Waals surface area contributed by atoms with E-state index in [1.54, 1.807) is 12.1 Å². The molecule has 0 atom stereocenters. The summed E-state index contributed by atoms with van der Waals surface area (Å²) in [7, 11) is 0. The number of H-pyrrole nitrogens is 1. The van der Waals surface area contributed by atoms with E-state index in [0.717, 1.165) is 12.2 Å². The van der Waals surface area contributed by atoms with Crippen molar-refractivity contribution in [2.75, 3.05) is 5.73 Å². The molecule has 0 radical (unpaired) electrons. The topological polar surface area (TPSA) is 67.6 Å². The number of nitrogens with one attached hydrogen (secondary N) is 1. The lowest BCUT2D eigenvalue weighted by molar-refractivity contribution is 0.633. The minimum Gasteiger partial charge on any atom is -0.396 e. The molecular weight excluding hydrogens is 195 g/mol. The van der Waals surface area contributed by atoms with Crippen molar-refractivity contribution in [2.24, 2.45) is 0 Å². The van der Waals surface area contributed by atoms with Crippen LogP contribution in [0.1, 0.15) is 12.7 Å². The zero-order chi connectivity index (χ0) is 10.8. The van der Waals surface area contributed by atoms with Gasteiger partial charge in [0, 0.05) is 12.0 Å². The zero-order valence-corrected chi connectivity index (χ0v) is 8.29. The van der Waals surface area contributed by atoms with Crippen LogP contribution in [0.15, 0.2) is 18.2 Å². The van der Waals surface area contributed by atoms with Gasteiger partial charge < -0.3 is 5.73 Å². The van der Waals surface area contributed by atoms with Gasteiger partial charge in [0.1, 0.15) is 11.6 Å². The van der Waals surface area contributed by atoms with Crippen LogP contribution in [-0.2, 0) is 6.42 Å². The zero-order valence-electron chi connectivity index (χ0n) is 8.29. The van der Waals surface area contributed by atoms with Gasteiger partial charge in [-0.1, -0.05) is 13.0 Å². The lowest BCUT2D eigenvalue weighted by Gasteiger charge is -2.01. The van der Waals surface area contributed by atoms with Crippen molar-refractivity contribution in [1.82, 2.24) is 15.2 Å². The van der Waals surface area contributed by atoms with Crippen molar-refractivity contribution < 1.29 is 4.39 Å². The maximum atomic E-state index is 13.2. The molecule has 4 nitrogen and oxygen atoms in total. The fourth-order valence-corrected chi connectivity index (χ4v) is 1.31. The smallest absolute Gasteiger partial charge is 0.183 e. The highest BCUT2D eigenvalue weighted by molar-refractivity contribution is 5.71. The largest absolute Gasteiger partial charge is 0.396 e. The molecule has 15 heavy (non-hydrogen) atoms. The Balaban J connectivity index is 2.49. The maximum Gasteiger partial charge on any atom is 0.183 e. The second-order valence-electron chi connectivity index (χ2n) is 3.16. The van der Waals surface area contributed by atoms with Gasteiger partial charge in [-0.3, -0.25) is 5.10 Å². The summed E-state index contributed by atoms with van der Waals surface area (Å²) in [4.78, 5) is 4.19. The molecule has 1 aromatic carbocycles. The summed E-state index contributed by atoms with van der Waals surface area (Å²) in [6.45, 7) is 1.96. The Hall–Kier alpha value is -1.91. The number of nitrogen functional groups attached to an aromatic ring is 1. The average molecular weight is 206 g/mol. The van der Waals surface area contributed by atoms with E-state index in [0.29, 0.717) is 11.4 Å². The molecule has 0 saturated heterocycles. The van der Waals surface area contributed by atoms with Crippen LogP contribution >= 0.6 is 0 Å². The minimum atomic E-state index is -0.449. The van der Waals surface area contributed by atoms with Crippen molar-refractivity contribution >= 4 is 5.69 Å². The molecule has 78 valence electrons. The number of anilines is 1. The molecule has 3 N–H and O–H groups in total. The van der Waals surface area contributed by atoms with Crippen molar-refractivity contribution in [3.63, 3.8) is 0 Å². The number of para-hydroxylation sites is 1. The number of halogens is 1. The lowest BCUT2D eigenvalue weighted by atomic mass is 10.1. The van der Waals surface area contributed by atoms with Crippen LogP contribution in [0.3, 0.4) is 0 Å². The van der Waals surface area contributed by atoms with Gasteiger partial charge in [-0.05, 0) is 12.1 Å². The Morgan fingerprint density at radius 3 is 2.93 bits per heavy atom. The molecule has 0 aliphatic carbocycles. The number of rotatable bonds is 2. The van der Waals surface area contributed by atoms with Crippen LogP contribution in [0.25, 0.3) is 11.4 Å². The Bertz CT molecular complexity index is 478. The van der Waals surface area contributed by atoms with Gasteiger partial charge in [0.15, 0.2) is 5.82 Å². The fourth-order valence-electron chi connectivity index (χ4n) is 1.31. The molecule has 0 fully saturated rings. The Morgan fingerprint density at radius 1 is 1.47 bits per heavy atom. The number of aryl methyl sites for hydroxylation is 1. The van der Waals surface area contributed by atoms with Crippen molar-refractivity contribution in [3.05, 3.63) is 29.8 Å². The summed E-state index contributed by atoms with van der Waals surface area (Å²) in [5.74, 6) is 0.743. The number of benzene rings is 1. The minimum absolute atomic E-state index is 0.0825. The Labute approximate surface area is 86.3 Å². The van der Waals surface area contributed by atoms with E-state index in [9.17, 15) is 4.39 Å². The predicted molar refractivity (Wildman–Crippen MR) is 55.6 cm³/mol. The fraction of sp³-hybridized carbons (Fsp3) is 0.200. The van der Waals surface area contributed by atoms with Crippen LogP contribution in [0, 0.1) is 5.82 Å². The van der Waals surface area contributed by atoms with Gasteiger partial charge in [0.2, 0.25) is 0 Å². The van der Waals surface area contributed by atoms with Gasteiger partial charge in [-0.2, -0.15) is 5.10 Å². The summed E-state index contributed by atoms with van der Waals surface area (Å²) in [6, 6.07) is 4.59. The molecule has 0 bridgehead atoms. The summed E-state index contributed by atoms with van der Waals surface area (Å²) in [5.41, 5.74) is 6.20.